The van der Waals surface area contributed by atoms with Crippen molar-refractivity contribution in [1.29, 1.82) is 0 Å². The topological polar surface area (TPSA) is 77.2 Å². The number of aromatic nitrogens is 2. The fraction of sp³-hybridized carbons (Fsp3) is 0.250. The standard InChI is InChI=1S/C20H20FN3O3S/c1-13(18(25)22-12-11-14-3-9-17(26-2)10-4-14)28-20-24-23-19(27-20)15-5-7-16(21)8-6-15/h3-10,13H,11-12H2,1-2H3,(H,22,25)/t13-/m1/s1. The van der Waals surface area contributed by atoms with Crippen LogP contribution in [0.4, 0.5) is 4.39 Å². The van der Waals surface area contributed by atoms with E-state index in [1.54, 1.807) is 26.2 Å². The van der Waals surface area contributed by atoms with Crippen LogP contribution < -0.4 is 10.1 Å². The zero-order valence-corrected chi connectivity index (χ0v) is 16.3. The number of amides is 1. The second kappa shape index (κ2) is 9.36. The Morgan fingerprint density at radius 1 is 1.18 bits per heavy atom. The van der Waals surface area contributed by atoms with E-state index in [1.807, 2.05) is 24.3 Å². The Balaban J connectivity index is 1.48. The highest BCUT2D eigenvalue weighted by molar-refractivity contribution is 8.00. The predicted molar refractivity (Wildman–Crippen MR) is 105 cm³/mol. The number of halogens is 1. The SMILES string of the molecule is COc1ccc(CCNC(=O)[C@@H](C)Sc2nnc(-c3ccc(F)cc3)o2)cc1. The van der Waals surface area contributed by atoms with Gasteiger partial charge in [0.05, 0.1) is 12.4 Å². The van der Waals surface area contributed by atoms with E-state index in [0.29, 0.717) is 12.1 Å². The molecule has 8 heteroatoms. The molecule has 1 atom stereocenters. The first kappa shape index (κ1) is 19.9. The lowest BCUT2D eigenvalue weighted by Gasteiger charge is -2.10. The normalized spacial score (nSPS) is 11.8. The average Bonchev–Trinajstić information content (AvgIpc) is 3.17. The van der Waals surface area contributed by atoms with E-state index in [1.165, 1.54) is 23.9 Å². The Hall–Kier alpha value is -2.87. The van der Waals surface area contributed by atoms with Gasteiger partial charge in [-0.05, 0) is 55.3 Å². The van der Waals surface area contributed by atoms with Gasteiger partial charge in [0.2, 0.25) is 11.8 Å². The molecule has 146 valence electrons. The molecule has 0 saturated carbocycles. The van der Waals surface area contributed by atoms with Gasteiger partial charge in [-0.3, -0.25) is 4.79 Å². The van der Waals surface area contributed by atoms with E-state index in [4.69, 9.17) is 9.15 Å². The molecule has 0 fully saturated rings. The molecule has 0 radical (unpaired) electrons. The molecule has 0 unspecified atom stereocenters. The monoisotopic (exact) mass is 401 g/mol. The molecule has 3 aromatic rings. The van der Waals surface area contributed by atoms with Gasteiger partial charge in [0.25, 0.3) is 5.22 Å². The molecule has 1 heterocycles. The van der Waals surface area contributed by atoms with Crippen molar-refractivity contribution in [3.63, 3.8) is 0 Å². The minimum absolute atomic E-state index is 0.111. The van der Waals surface area contributed by atoms with Gasteiger partial charge in [-0.15, -0.1) is 10.2 Å². The molecular formula is C20H20FN3O3S. The van der Waals surface area contributed by atoms with E-state index in [-0.39, 0.29) is 22.8 Å². The maximum absolute atomic E-state index is 13.0. The van der Waals surface area contributed by atoms with Gasteiger partial charge in [0.15, 0.2) is 0 Å². The lowest BCUT2D eigenvalue weighted by atomic mass is 10.1. The molecule has 28 heavy (non-hydrogen) atoms. The molecule has 1 N–H and O–H groups in total. The number of thioether (sulfide) groups is 1. The van der Waals surface area contributed by atoms with Gasteiger partial charge in [-0.25, -0.2) is 4.39 Å². The first-order valence-electron chi connectivity index (χ1n) is 8.72. The smallest absolute Gasteiger partial charge is 0.277 e. The quantitative estimate of drug-likeness (QED) is 0.580. The summed E-state index contributed by atoms with van der Waals surface area (Å²) in [4.78, 5) is 12.3. The predicted octanol–water partition coefficient (Wildman–Crippen LogP) is 3.72. The highest BCUT2D eigenvalue weighted by Gasteiger charge is 2.18. The van der Waals surface area contributed by atoms with Gasteiger partial charge in [0.1, 0.15) is 11.6 Å². The van der Waals surface area contributed by atoms with Crippen molar-refractivity contribution in [3.05, 3.63) is 59.9 Å². The molecule has 1 aromatic heterocycles. The summed E-state index contributed by atoms with van der Waals surface area (Å²) in [6, 6.07) is 13.5. The van der Waals surface area contributed by atoms with Crippen molar-refractivity contribution in [2.75, 3.05) is 13.7 Å². The minimum atomic E-state index is -0.391. The third kappa shape index (κ3) is 5.32. The van der Waals surface area contributed by atoms with Crippen molar-refractivity contribution in [2.45, 2.75) is 23.8 Å². The van der Waals surface area contributed by atoms with E-state index in [2.05, 4.69) is 15.5 Å². The summed E-state index contributed by atoms with van der Waals surface area (Å²) in [6.45, 7) is 2.30. The molecule has 0 aliphatic rings. The molecule has 2 aromatic carbocycles. The number of benzene rings is 2. The first-order chi connectivity index (χ1) is 13.5. The van der Waals surface area contributed by atoms with Crippen LogP contribution in [0.3, 0.4) is 0 Å². The second-order valence-electron chi connectivity index (χ2n) is 6.03. The summed E-state index contributed by atoms with van der Waals surface area (Å²) in [5, 5.41) is 10.7. The maximum Gasteiger partial charge on any atom is 0.277 e. The van der Waals surface area contributed by atoms with E-state index < -0.39 is 5.25 Å². The number of rotatable bonds is 8. The lowest BCUT2D eigenvalue weighted by Crippen LogP contribution is -2.32. The largest absolute Gasteiger partial charge is 0.497 e. The number of carbonyl (C=O) groups is 1. The number of methoxy groups -OCH3 is 1. The first-order valence-corrected chi connectivity index (χ1v) is 9.60. The number of nitrogens with one attached hydrogen (secondary N) is 1. The van der Waals surface area contributed by atoms with Gasteiger partial charge < -0.3 is 14.5 Å². The highest BCUT2D eigenvalue weighted by atomic mass is 32.2. The molecule has 0 aliphatic carbocycles. The summed E-state index contributed by atoms with van der Waals surface area (Å²) < 4.78 is 23.7. The number of carbonyl (C=O) groups excluding carboxylic acids is 1. The van der Waals surface area contributed by atoms with Crippen LogP contribution in [-0.4, -0.2) is 35.0 Å². The second-order valence-corrected chi connectivity index (χ2v) is 7.32. The van der Waals surface area contributed by atoms with E-state index in [9.17, 15) is 9.18 Å². The lowest BCUT2D eigenvalue weighted by molar-refractivity contribution is -0.120. The number of ether oxygens (including phenoxy) is 1. The van der Waals surface area contributed by atoms with Gasteiger partial charge in [0, 0.05) is 12.1 Å². The van der Waals surface area contributed by atoms with E-state index >= 15 is 0 Å². The van der Waals surface area contributed by atoms with Crippen molar-refractivity contribution in [1.82, 2.24) is 15.5 Å². The molecule has 0 bridgehead atoms. The van der Waals surface area contributed by atoms with Crippen LogP contribution in [0.5, 0.6) is 5.75 Å². The Labute approximate surface area is 166 Å². The summed E-state index contributed by atoms with van der Waals surface area (Å²) in [7, 11) is 1.63. The van der Waals surface area contributed by atoms with E-state index in [0.717, 1.165) is 17.7 Å². The van der Waals surface area contributed by atoms with Crippen LogP contribution >= 0.6 is 11.8 Å². The van der Waals surface area contributed by atoms with Crippen LogP contribution in [0.25, 0.3) is 11.5 Å². The zero-order valence-electron chi connectivity index (χ0n) is 15.5. The van der Waals surface area contributed by atoms with Crippen LogP contribution in [0.1, 0.15) is 12.5 Å². The maximum atomic E-state index is 13.0. The summed E-state index contributed by atoms with van der Waals surface area (Å²) >= 11 is 1.18. The van der Waals surface area contributed by atoms with Crippen molar-refractivity contribution < 1.29 is 18.3 Å². The fourth-order valence-corrected chi connectivity index (χ4v) is 3.15. The van der Waals surface area contributed by atoms with Gasteiger partial charge in [-0.2, -0.15) is 0 Å². The van der Waals surface area contributed by atoms with Gasteiger partial charge >= 0.3 is 0 Å². The van der Waals surface area contributed by atoms with Crippen LogP contribution in [-0.2, 0) is 11.2 Å². The molecule has 0 aliphatic heterocycles. The molecule has 1 amide bonds. The Bertz CT molecular complexity index is 913. The Morgan fingerprint density at radius 3 is 2.57 bits per heavy atom. The number of hydrogen-bond acceptors (Lipinski definition) is 6. The minimum Gasteiger partial charge on any atom is -0.497 e. The van der Waals surface area contributed by atoms with Crippen molar-refractivity contribution in [3.8, 4) is 17.2 Å². The molecule has 0 saturated heterocycles. The number of hydrogen-bond donors (Lipinski definition) is 1. The summed E-state index contributed by atoms with van der Waals surface area (Å²) in [6.07, 6.45) is 0.725. The summed E-state index contributed by atoms with van der Waals surface area (Å²) in [5.74, 6) is 0.643. The van der Waals surface area contributed by atoms with Crippen molar-refractivity contribution in [2.24, 2.45) is 0 Å². The molecular weight excluding hydrogens is 381 g/mol. The van der Waals surface area contributed by atoms with Crippen LogP contribution in [0.2, 0.25) is 0 Å². The summed E-state index contributed by atoms with van der Waals surface area (Å²) in [5.41, 5.74) is 1.74. The highest BCUT2D eigenvalue weighted by Crippen LogP contribution is 2.26. The van der Waals surface area contributed by atoms with Crippen LogP contribution in [0.15, 0.2) is 58.2 Å². The third-order valence-electron chi connectivity index (χ3n) is 4.02. The Morgan fingerprint density at radius 2 is 1.89 bits per heavy atom. The fourth-order valence-electron chi connectivity index (χ4n) is 2.44. The zero-order chi connectivity index (χ0) is 19.9. The average molecular weight is 401 g/mol. The third-order valence-corrected chi connectivity index (χ3v) is 4.95. The molecule has 3 rings (SSSR count). The molecule has 0 spiro atoms. The Kier molecular flexibility index (Phi) is 6.65. The van der Waals surface area contributed by atoms with Crippen molar-refractivity contribution >= 4 is 17.7 Å². The molecule has 6 nitrogen and oxygen atoms in total. The van der Waals surface area contributed by atoms with Crippen LogP contribution in [0, 0.1) is 5.82 Å². The number of nitrogens with zero attached hydrogens (tertiary/aromatic N) is 2. The van der Waals surface area contributed by atoms with Gasteiger partial charge in [-0.1, -0.05) is 23.9 Å².